The van der Waals surface area contributed by atoms with E-state index < -0.39 is 54.3 Å². The van der Waals surface area contributed by atoms with Gasteiger partial charge in [0.15, 0.2) is 36.3 Å². The van der Waals surface area contributed by atoms with Crippen molar-refractivity contribution in [3.63, 3.8) is 0 Å². The molecule has 0 fully saturated rings. The SMILES string of the molecule is CCOC(CBr)OCC.CCOC(CC(C(=O)OC)C(=O)OC)OCC.CCOC(CC(Cc1cc(F)cc(Br)c1)C(=O)OC)OC.COC(=O)CC(=O)OC.COC(=O)c1ccc2c(Br)cc(F)cc2c1.COc1cc(C)ccc1O.Fc1cc(Br)cc(CBr)c1.N#Cc1ccc2c(Br)cc(F)cc2c1.O=Cc1ccc2c(Br)cc(F)cc2c1.OCc1ccc2c(Br)cc(F)cc2c1. The molecule has 11 aromatic carbocycles. The number of aliphatic hydroxyl groups is 1. The van der Waals surface area contributed by atoms with E-state index in [9.17, 15) is 59.9 Å². The smallest absolute Gasteiger partial charge is 0.337 e. The fraction of sp³-hybridized carbons (Fsp3) is 0.320. The largest absolute Gasteiger partial charge is 0.504 e. The van der Waals surface area contributed by atoms with E-state index in [0.717, 1.165) is 75.0 Å². The number of aldehydes is 1. The van der Waals surface area contributed by atoms with Crippen LogP contribution in [0.1, 0.15) is 102 Å². The summed E-state index contributed by atoms with van der Waals surface area (Å²) >= 11 is 26.0. The highest BCUT2D eigenvalue weighted by atomic mass is 79.9. The van der Waals surface area contributed by atoms with Crippen LogP contribution < -0.4 is 4.74 Å². The van der Waals surface area contributed by atoms with Gasteiger partial charge in [-0.25, -0.2) is 31.1 Å². The van der Waals surface area contributed by atoms with Gasteiger partial charge < -0.3 is 71.8 Å². The predicted molar refractivity (Wildman–Crippen MR) is 529 cm³/mol. The Hall–Kier alpha value is -8.82. The van der Waals surface area contributed by atoms with Gasteiger partial charge in [0.05, 0.1) is 84.8 Å². The fourth-order valence-corrected chi connectivity index (χ4v) is 15.4. The molecule has 0 bridgehead atoms. The molecule has 0 amide bonds. The van der Waals surface area contributed by atoms with Crippen LogP contribution in [0.2, 0.25) is 0 Å². The number of halogens is 14. The first-order valence-electron chi connectivity index (χ1n) is 40.3. The van der Waals surface area contributed by atoms with Gasteiger partial charge in [-0.1, -0.05) is 170 Å². The quantitative estimate of drug-likeness (QED) is 0.00875. The lowest BCUT2D eigenvalue weighted by Crippen LogP contribution is -2.32. The van der Waals surface area contributed by atoms with Crippen LogP contribution in [0.25, 0.3) is 43.1 Å². The zero-order chi connectivity index (χ0) is 101. The van der Waals surface area contributed by atoms with Crippen molar-refractivity contribution < 1.29 is 132 Å². The summed E-state index contributed by atoms with van der Waals surface area (Å²) in [5.41, 5.74) is 5.01. The summed E-state index contributed by atoms with van der Waals surface area (Å²) in [6.45, 7) is 14.0. The van der Waals surface area contributed by atoms with E-state index in [1.807, 2.05) is 58.0 Å². The number of rotatable bonds is 28. The van der Waals surface area contributed by atoms with Crippen LogP contribution in [-0.2, 0) is 99.2 Å². The molecule has 726 valence electrons. The lowest BCUT2D eigenvalue weighted by Gasteiger charge is -2.21. The van der Waals surface area contributed by atoms with Gasteiger partial charge in [-0.3, -0.25) is 28.8 Å². The van der Waals surface area contributed by atoms with E-state index in [1.54, 1.807) is 92.7 Å². The first-order valence-corrected chi connectivity index (χ1v) is 47.3. The van der Waals surface area contributed by atoms with Crippen LogP contribution in [0.4, 0.5) is 26.3 Å². The van der Waals surface area contributed by atoms with Crippen molar-refractivity contribution in [1.29, 1.82) is 5.26 Å². The number of hydrogen-bond acceptors (Lipinski definition) is 23. The monoisotopic (exact) mass is 2380 g/mol. The number of nitrogens with zero attached hydrogens (tertiary/aromatic N) is 1. The Labute approximate surface area is 841 Å². The van der Waals surface area contributed by atoms with Crippen molar-refractivity contribution in [2.45, 2.75) is 98.0 Å². The number of alkyl halides is 2. The topological polar surface area (TPSA) is 304 Å². The third-order valence-corrected chi connectivity index (χ3v) is 22.3. The number of aryl methyl sites for hydroxylation is 1. The van der Waals surface area contributed by atoms with E-state index in [2.05, 4.69) is 151 Å². The van der Waals surface area contributed by atoms with Gasteiger partial charge in [0.1, 0.15) is 47.6 Å². The maximum absolute atomic E-state index is 13.4. The molecule has 0 spiro atoms. The summed E-state index contributed by atoms with van der Waals surface area (Å²) in [7, 11) is 10.6. The Morgan fingerprint density at radius 2 is 0.851 bits per heavy atom. The van der Waals surface area contributed by atoms with E-state index in [0.29, 0.717) is 102 Å². The second-order valence-electron chi connectivity index (χ2n) is 27.0. The Balaban J connectivity index is 0.000000509. The highest BCUT2D eigenvalue weighted by Gasteiger charge is 2.32. The Morgan fingerprint density at radius 3 is 1.25 bits per heavy atom. The van der Waals surface area contributed by atoms with Gasteiger partial charge in [-0.2, -0.15) is 5.26 Å². The van der Waals surface area contributed by atoms with Crippen LogP contribution in [-0.4, -0.2) is 166 Å². The molecule has 0 radical (unpaired) electrons. The highest BCUT2D eigenvalue weighted by Crippen LogP contribution is 2.32. The predicted octanol–water partition coefficient (Wildman–Crippen LogP) is 24.7. The molecule has 0 aliphatic heterocycles. The summed E-state index contributed by atoms with van der Waals surface area (Å²) in [5.74, 6) is -5.82. The number of benzene rings is 11. The zero-order valence-electron chi connectivity index (χ0n) is 75.5. The number of aliphatic hydroxyl groups excluding tert-OH is 1. The number of methoxy groups -OCH3 is 8. The molecule has 0 saturated carbocycles. The fourth-order valence-electron chi connectivity index (χ4n) is 11.4. The number of hydrogen-bond donors (Lipinski definition) is 2. The number of fused-ring (bicyclic) bond motifs is 4. The molecule has 37 heteroatoms. The average Bonchev–Trinajstić information content (AvgIpc) is 0.817. The lowest BCUT2D eigenvalue weighted by atomic mass is 9.96. The van der Waals surface area contributed by atoms with E-state index in [1.165, 1.54) is 130 Å². The number of aromatic hydroxyl groups is 1. The second kappa shape index (κ2) is 67.4. The zero-order valence-corrected chi connectivity index (χ0v) is 88.2. The standard InChI is InChI=1S/C15H20BrFO4.C12H8BrFO2.C11H5BrFN.C11H8BrFO.C11H6BrFO.C11H20O6.C8H10O2.C7H5Br2F.C6H13BrO2.C5H8O4/c1-4-21-14(19-2)8-11(15(18)20-3)5-10-6-12(16)9-13(17)7-10;1-16-12(15)7-2-3-10-8(4-7)5-9(14)6-11(10)13;3*12-11-5-9(13)4-8-3-7(6-14)1-2-10(8)11;1-5-16-9(17-6-2)7-8(10(12)14-3)11(13)15-4;1-6-3-4-7(9)8(5-6)10-2;8-4-5-1-6(9)3-7(10)2-5;1-3-8-6(5-7)9-4-2;1-8-4(6)3-5(7)9-2/h6-7,9,11,14H,4-5,8H2,1-3H3;2-6H,1H3;1-5H;1-5,14H,6H2;1-6H;8-9H,5-7H2,1-4H3;3-5,9H,1-2H3;1-3H,4H2;6H,3-5H2,1-2H3;3H2,1-2H3. The molecule has 0 aromatic heterocycles. The normalized spacial score (nSPS) is 10.7. The number of nitriles is 1. The molecular formula is C97H103Br8F6NO22. The molecule has 11 aromatic rings. The molecule has 134 heavy (non-hydrogen) atoms. The molecule has 11 rings (SSSR count). The Kier molecular flexibility index (Phi) is 61.0. The van der Waals surface area contributed by atoms with Gasteiger partial charge in [0.2, 0.25) is 0 Å². The minimum atomic E-state index is -1.02. The third-order valence-electron chi connectivity index (χ3n) is 17.5. The summed E-state index contributed by atoms with van der Waals surface area (Å²) in [4.78, 5) is 77.1. The number of phenols is 1. The van der Waals surface area contributed by atoms with Crippen molar-refractivity contribution in [1.82, 2.24) is 0 Å². The highest BCUT2D eigenvalue weighted by molar-refractivity contribution is 9.11. The van der Waals surface area contributed by atoms with Crippen molar-refractivity contribution in [3.05, 3.63) is 277 Å². The summed E-state index contributed by atoms with van der Waals surface area (Å²) in [5, 5.41) is 34.7. The first-order chi connectivity index (χ1) is 63.8. The van der Waals surface area contributed by atoms with Gasteiger partial charge >= 0.3 is 35.8 Å². The minimum absolute atomic E-state index is 0.0237. The molecule has 2 N–H and O–H groups in total. The molecule has 23 nitrogen and oxygen atoms in total. The molecule has 2 unspecified atom stereocenters. The van der Waals surface area contributed by atoms with Gasteiger partial charge in [0.25, 0.3) is 0 Å². The van der Waals surface area contributed by atoms with Crippen molar-refractivity contribution in [2.24, 2.45) is 11.8 Å². The van der Waals surface area contributed by atoms with E-state index in [-0.39, 0.29) is 72.4 Å². The Bertz CT molecular complexity index is 5530. The maximum atomic E-state index is 13.4. The number of carbonyl (C=O) groups excluding carboxylic acids is 7. The molecule has 0 aliphatic carbocycles. The van der Waals surface area contributed by atoms with Crippen LogP contribution >= 0.6 is 127 Å². The number of carbonyl (C=O) groups is 7. The molecule has 2 atom stereocenters. The van der Waals surface area contributed by atoms with Gasteiger partial charge in [0, 0.05) is 90.7 Å². The van der Waals surface area contributed by atoms with Crippen molar-refractivity contribution >= 4 is 213 Å². The average molecular weight is 2390 g/mol. The number of phenolic OH excluding ortho intramolecular Hbond substituents is 1. The molecular weight excluding hydrogens is 2280 g/mol. The van der Waals surface area contributed by atoms with Crippen LogP contribution in [0.3, 0.4) is 0 Å². The van der Waals surface area contributed by atoms with E-state index in [4.69, 9.17) is 53.4 Å². The van der Waals surface area contributed by atoms with Crippen molar-refractivity contribution in [3.8, 4) is 17.6 Å². The minimum Gasteiger partial charge on any atom is -0.504 e. The lowest BCUT2D eigenvalue weighted by molar-refractivity contribution is -0.174. The summed E-state index contributed by atoms with van der Waals surface area (Å²) in [6, 6.07) is 48.8. The molecule has 0 aliphatic rings. The number of esters is 6. The summed E-state index contributed by atoms with van der Waals surface area (Å²) < 4.78 is 146. The molecule has 0 heterocycles. The Morgan fingerprint density at radius 1 is 0.433 bits per heavy atom. The van der Waals surface area contributed by atoms with Crippen LogP contribution in [0.5, 0.6) is 11.5 Å². The molecule has 0 saturated heterocycles. The van der Waals surface area contributed by atoms with Gasteiger partial charge in [-0.15, -0.1) is 0 Å². The van der Waals surface area contributed by atoms with Crippen LogP contribution in [0, 0.1) is 65.0 Å². The van der Waals surface area contributed by atoms with Crippen LogP contribution in [0.15, 0.2) is 203 Å². The van der Waals surface area contributed by atoms with Crippen molar-refractivity contribution in [2.75, 3.05) is 95.2 Å². The van der Waals surface area contributed by atoms with E-state index >= 15 is 0 Å². The third kappa shape index (κ3) is 45.4. The summed E-state index contributed by atoms with van der Waals surface area (Å²) in [6.07, 6.45) is 0.0530. The second-order valence-corrected chi connectivity index (χ2v) is 33.4. The number of ether oxygens (including phenoxy) is 13. The maximum Gasteiger partial charge on any atom is 0.337 e. The van der Waals surface area contributed by atoms with Gasteiger partial charge in [-0.05, 0) is 247 Å². The first kappa shape index (κ1) is 121.